The molecule has 1 atom stereocenters. The quantitative estimate of drug-likeness (QED) is 0.776. The second kappa shape index (κ2) is 4.87. The van der Waals surface area contributed by atoms with E-state index in [1.54, 1.807) is 32.9 Å². The summed E-state index contributed by atoms with van der Waals surface area (Å²) in [4.78, 5) is 14.9. The van der Waals surface area contributed by atoms with Crippen LogP contribution in [-0.4, -0.2) is 10.9 Å². The monoisotopic (exact) mass is 210 g/mol. The number of hydrogen-bond acceptors (Lipinski definition) is 2. The molecule has 0 bridgehead atoms. The number of aromatic nitrogens is 1. The third-order valence-electron chi connectivity index (χ3n) is 2.14. The van der Waals surface area contributed by atoms with Gasteiger partial charge in [0.25, 0.3) is 0 Å². The summed E-state index contributed by atoms with van der Waals surface area (Å²) in [6.45, 7) is 5.32. The van der Waals surface area contributed by atoms with Crippen molar-refractivity contribution < 1.29 is 9.18 Å². The van der Waals surface area contributed by atoms with E-state index in [4.69, 9.17) is 0 Å². The van der Waals surface area contributed by atoms with Crippen LogP contribution in [0.3, 0.4) is 0 Å². The maximum atomic E-state index is 13.2. The van der Waals surface area contributed by atoms with E-state index in [0.717, 1.165) is 0 Å². The Morgan fingerprint density at radius 3 is 2.67 bits per heavy atom. The van der Waals surface area contributed by atoms with Crippen molar-refractivity contribution in [2.75, 3.05) is 0 Å². The highest BCUT2D eigenvalue weighted by Crippen LogP contribution is 2.14. The fraction of sp³-hybridized carbons (Fsp3) is 0.455. The highest BCUT2D eigenvalue weighted by molar-refractivity contribution is 5.78. The summed E-state index contributed by atoms with van der Waals surface area (Å²) in [5, 5.41) is 2.72. The van der Waals surface area contributed by atoms with Gasteiger partial charge in [0.15, 0.2) is 0 Å². The van der Waals surface area contributed by atoms with Gasteiger partial charge in [-0.3, -0.25) is 4.79 Å². The molecule has 4 heteroatoms. The van der Waals surface area contributed by atoms with Crippen LogP contribution in [0.5, 0.6) is 0 Å². The van der Waals surface area contributed by atoms with Crippen molar-refractivity contribution in [1.29, 1.82) is 0 Å². The molecule has 82 valence electrons. The van der Waals surface area contributed by atoms with Crippen LogP contribution in [0.2, 0.25) is 0 Å². The van der Waals surface area contributed by atoms with E-state index < -0.39 is 5.95 Å². The van der Waals surface area contributed by atoms with Gasteiger partial charge in [-0.25, -0.2) is 4.98 Å². The minimum atomic E-state index is -0.533. The van der Waals surface area contributed by atoms with E-state index in [9.17, 15) is 9.18 Å². The standard InChI is InChI=1S/C11H15FN2O/c1-7(2)11(15)14-8(3)9-5-4-6-13-10(9)12/h4-8H,1-3H3,(H,14,15)/t8-/m0/s1. The molecule has 3 nitrogen and oxygen atoms in total. The van der Waals surface area contributed by atoms with Crippen molar-refractivity contribution in [3.8, 4) is 0 Å². The Balaban J connectivity index is 2.73. The molecule has 0 aliphatic rings. The maximum Gasteiger partial charge on any atom is 0.223 e. The number of halogens is 1. The predicted molar refractivity (Wildman–Crippen MR) is 55.6 cm³/mol. The number of rotatable bonds is 3. The van der Waals surface area contributed by atoms with Gasteiger partial charge >= 0.3 is 0 Å². The number of hydrogen-bond donors (Lipinski definition) is 1. The topological polar surface area (TPSA) is 42.0 Å². The second-order valence-electron chi connectivity index (χ2n) is 3.77. The SMILES string of the molecule is CC(C)C(=O)N[C@@H](C)c1cccnc1F. The lowest BCUT2D eigenvalue weighted by Crippen LogP contribution is -2.30. The summed E-state index contributed by atoms with van der Waals surface area (Å²) in [6, 6.07) is 2.91. The van der Waals surface area contributed by atoms with Gasteiger partial charge in [0.2, 0.25) is 11.9 Å². The molecule has 0 radical (unpaired) electrons. The largest absolute Gasteiger partial charge is 0.349 e. The zero-order valence-electron chi connectivity index (χ0n) is 9.12. The molecule has 15 heavy (non-hydrogen) atoms. The van der Waals surface area contributed by atoms with E-state index in [2.05, 4.69) is 10.3 Å². The lowest BCUT2D eigenvalue weighted by Gasteiger charge is -2.15. The Morgan fingerprint density at radius 1 is 1.47 bits per heavy atom. The molecule has 0 fully saturated rings. The maximum absolute atomic E-state index is 13.2. The molecule has 0 aliphatic heterocycles. The number of carbonyl (C=O) groups is 1. The molecule has 0 spiro atoms. The highest BCUT2D eigenvalue weighted by Gasteiger charge is 2.15. The third kappa shape index (κ3) is 3.01. The van der Waals surface area contributed by atoms with Crippen LogP contribution < -0.4 is 5.32 Å². The van der Waals surface area contributed by atoms with E-state index in [1.807, 2.05) is 0 Å². The zero-order chi connectivity index (χ0) is 11.4. The van der Waals surface area contributed by atoms with E-state index >= 15 is 0 Å². The fourth-order valence-corrected chi connectivity index (χ4v) is 1.18. The molecule has 0 saturated heterocycles. The van der Waals surface area contributed by atoms with Crippen molar-refractivity contribution in [3.63, 3.8) is 0 Å². The number of nitrogens with one attached hydrogen (secondary N) is 1. The van der Waals surface area contributed by atoms with Gasteiger partial charge in [0, 0.05) is 17.7 Å². The van der Waals surface area contributed by atoms with Crippen molar-refractivity contribution in [2.24, 2.45) is 5.92 Å². The second-order valence-corrected chi connectivity index (χ2v) is 3.77. The molecule has 0 saturated carbocycles. The molecule has 0 aliphatic carbocycles. The summed E-state index contributed by atoms with van der Waals surface area (Å²) < 4.78 is 13.2. The summed E-state index contributed by atoms with van der Waals surface area (Å²) in [5.41, 5.74) is 0.409. The van der Waals surface area contributed by atoms with Gasteiger partial charge in [0.1, 0.15) is 0 Å². The number of pyridine rings is 1. The summed E-state index contributed by atoms with van der Waals surface area (Å²) in [6.07, 6.45) is 1.38. The van der Waals surface area contributed by atoms with Gasteiger partial charge in [0.05, 0.1) is 6.04 Å². The molecule has 1 aromatic heterocycles. The Kier molecular flexibility index (Phi) is 3.77. The van der Waals surface area contributed by atoms with Gasteiger partial charge in [-0.2, -0.15) is 4.39 Å². The molecule has 1 N–H and O–H groups in total. The summed E-state index contributed by atoms with van der Waals surface area (Å²) in [7, 11) is 0. The zero-order valence-corrected chi connectivity index (χ0v) is 9.12. The summed E-state index contributed by atoms with van der Waals surface area (Å²) >= 11 is 0. The van der Waals surface area contributed by atoms with Crippen molar-refractivity contribution in [3.05, 3.63) is 29.8 Å². The van der Waals surface area contributed by atoms with E-state index in [1.165, 1.54) is 6.20 Å². The minimum Gasteiger partial charge on any atom is -0.349 e. The van der Waals surface area contributed by atoms with Crippen molar-refractivity contribution in [1.82, 2.24) is 10.3 Å². The Hall–Kier alpha value is -1.45. The Labute approximate surface area is 88.7 Å². The normalized spacial score (nSPS) is 12.6. The number of amides is 1. The Bertz CT molecular complexity index is 352. The van der Waals surface area contributed by atoms with Crippen molar-refractivity contribution in [2.45, 2.75) is 26.8 Å². The lowest BCUT2D eigenvalue weighted by molar-refractivity contribution is -0.124. The van der Waals surface area contributed by atoms with Crippen LogP contribution in [0.15, 0.2) is 18.3 Å². The fourth-order valence-electron chi connectivity index (χ4n) is 1.18. The first kappa shape index (κ1) is 11.6. The summed E-state index contributed by atoms with van der Waals surface area (Å²) in [5.74, 6) is -0.730. The van der Waals surface area contributed by atoms with E-state index in [0.29, 0.717) is 5.56 Å². The van der Waals surface area contributed by atoms with Gasteiger partial charge in [-0.1, -0.05) is 19.9 Å². The molecule has 0 aromatic carbocycles. The first-order valence-electron chi connectivity index (χ1n) is 4.93. The van der Waals surface area contributed by atoms with Gasteiger partial charge in [-0.15, -0.1) is 0 Å². The molecule has 1 aromatic rings. The molecule has 1 rings (SSSR count). The van der Waals surface area contributed by atoms with Gasteiger partial charge in [-0.05, 0) is 13.0 Å². The first-order valence-corrected chi connectivity index (χ1v) is 4.93. The number of carbonyl (C=O) groups excluding carboxylic acids is 1. The van der Waals surface area contributed by atoms with Crippen LogP contribution in [0.25, 0.3) is 0 Å². The number of nitrogens with zero attached hydrogens (tertiary/aromatic N) is 1. The highest BCUT2D eigenvalue weighted by atomic mass is 19.1. The predicted octanol–water partition coefficient (Wildman–Crippen LogP) is 2.05. The minimum absolute atomic E-state index is 0.0919. The average Bonchev–Trinajstić information content (AvgIpc) is 2.18. The van der Waals surface area contributed by atoms with Crippen LogP contribution in [0.4, 0.5) is 4.39 Å². The van der Waals surface area contributed by atoms with Crippen molar-refractivity contribution >= 4 is 5.91 Å². The van der Waals surface area contributed by atoms with Gasteiger partial charge < -0.3 is 5.32 Å². The smallest absolute Gasteiger partial charge is 0.223 e. The molecule has 0 unspecified atom stereocenters. The molecular weight excluding hydrogens is 195 g/mol. The van der Waals surface area contributed by atoms with Crippen LogP contribution >= 0.6 is 0 Å². The van der Waals surface area contributed by atoms with Crippen LogP contribution in [0.1, 0.15) is 32.4 Å². The van der Waals surface area contributed by atoms with E-state index in [-0.39, 0.29) is 17.9 Å². The lowest BCUT2D eigenvalue weighted by atomic mass is 10.1. The van der Waals surface area contributed by atoms with Crippen LogP contribution in [-0.2, 0) is 4.79 Å². The van der Waals surface area contributed by atoms with Crippen LogP contribution in [0, 0.1) is 11.9 Å². The Morgan fingerprint density at radius 2 is 2.13 bits per heavy atom. The third-order valence-corrected chi connectivity index (χ3v) is 2.14. The first-order chi connectivity index (χ1) is 7.02. The molecule has 1 amide bonds. The average molecular weight is 210 g/mol. The molecular formula is C11H15FN2O. The molecule has 1 heterocycles.